The number of aromatic carboxylic acids is 1. The van der Waals surface area contributed by atoms with Crippen molar-refractivity contribution in [2.24, 2.45) is 0 Å². The molecule has 2 heterocycles. The highest BCUT2D eigenvalue weighted by molar-refractivity contribution is 6.36. The lowest BCUT2D eigenvalue weighted by Gasteiger charge is -2.17. The van der Waals surface area contributed by atoms with Gasteiger partial charge in [-0.25, -0.2) is 4.79 Å². The Morgan fingerprint density at radius 1 is 1.38 bits per heavy atom. The Labute approximate surface area is 126 Å². The SMILES string of the molecule is COc1cc(Cl)c2cc(C(=O)O)n3c2c1C(=O)CCCC3. The number of methoxy groups -OCH3 is 1. The molecule has 0 aliphatic carbocycles. The van der Waals surface area contributed by atoms with E-state index in [2.05, 4.69) is 0 Å². The van der Waals surface area contributed by atoms with Gasteiger partial charge in [-0.05, 0) is 18.9 Å². The Hall–Kier alpha value is -2.01. The fourth-order valence-electron chi connectivity index (χ4n) is 2.90. The van der Waals surface area contributed by atoms with E-state index in [0.29, 0.717) is 40.2 Å². The predicted molar refractivity (Wildman–Crippen MR) is 78.6 cm³/mol. The van der Waals surface area contributed by atoms with Gasteiger partial charge in [0.2, 0.25) is 0 Å². The average Bonchev–Trinajstić information content (AvgIpc) is 2.81. The van der Waals surface area contributed by atoms with Gasteiger partial charge in [-0.1, -0.05) is 11.6 Å². The molecule has 0 fully saturated rings. The van der Waals surface area contributed by atoms with Crippen molar-refractivity contribution in [2.45, 2.75) is 25.8 Å². The van der Waals surface area contributed by atoms with Gasteiger partial charge >= 0.3 is 5.97 Å². The van der Waals surface area contributed by atoms with Crippen molar-refractivity contribution in [3.63, 3.8) is 0 Å². The summed E-state index contributed by atoms with van der Waals surface area (Å²) >= 11 is 6.23. The molecule has 21 heavy (non-hydrogen) atoms. The standard InChI is InChI=1S/C15H14ClNO4/c1-21-12-7-9(16)8-6-10(15(19)20)17-5-3-2-4-11(18)13(12)14(8)17/h6-7H,2-5H2,1H3,(H,19,20). The van der Waals surface area contributed by atoms with Crippen LogP contribution >= 0.6 is 11.6 Å². The van der Waals surface area contributed by atoms with Crippen LogP contribution in [0.2, 0.25) is 5.02 Å². The second-order valence-corrected chi connectivity index (χ2v) is 5.47. The molecule has 1 aromatic carbocycles. The fourth-order valence-corrected chi connectivity index (χ4v) is 3.15. The lowest BCUT2D eigenvalue weighted by molar-refractivity contribution is 0.0684. The first kappa shape index (κ1) is 13.9. The number of hydrogen-bond acceptors (Lipinski definition) is 3. The molecule has 5 nitrogen and oxygen atoms in total. The second-order valence-electron chi connectivity index (χ2n) is 5.06. The van der Waals surface area contributed by atoms with E-state index in [4.69, 9.17) is 16.3 Å². The molecule has 2 aromatic rings. The Kier molecular flexibility index (Phi) is 3.37. The number of aromatic nitrogens is 1. The normalized spacial score (nSPS) is 14.9. The van der Waals surface area contributed by atoms with Crippen LogP contribution in [-0.2, 0) is 6.54 Å². The van der Waals surface area contributed by atoms with E-state index in [-0.39, 0.29) is 11.5 Å². The van der Waals surface area contributed by atoms with Gasteiger partial charge < -0.3 is 14.4 Å². The zero-order chi connectivity index (χ0) is 15.1. The smallest absolute Gasteiger partial charge is 0.352 e. The van der Waals surface area contributed by atoms with E-state index in [1.165, 1.54) is 13.2 Å². The number of aryl methyl sites for hydroxylation is 1. The van der Waals surface area contributed by atoms with Crippen LogP contribution in [0, 0.1) is 0 Å². The van der Waals surface area contributed by atoms with Crippen molar-refractivity contribution in [1.82, 2.24) is 4.57 Å². The first-order valence-corrected chi connectivity index (χ1v) is 7.08. The maximum absolute atomic E-state index is 12.4. The molecule has 6 heteroatoms. The maximum atomic E-state index is 12.4. The number of ether oxygens (including phenoxy) is 1. The number of nitrogens with zero attached hydrogens (tertiary/aromatic N) is 1. The average molecular weight is 308 g/mol. The summed E-state index contributed by atoms with van der Waals surface area (Å²) in [7, 11) is 1.48. The van der Waals surface area contributed by atoms with Gasteiger partial charge in [-0.15, -0.1) is 0 Å². The van der Waals surface area contributed by atoms with Gasteiger partial charge in [0.25, 0.3) is 0 Å². The summed E-state index contributed by atoms with van der Waals surface area (Å²) < 4.78 is 6.95. The largest absolute Gasteiger partial charge is 0.496 e. The molecule has 1 N–H and O–H groups in total. The van der Waals surface area contributed by atoms with Crippen molar-refractivity contribution in [1.29, 1.82) is 0 Å². The van der Waals surface area contributed by atoms with E-state index in [1.807, 2.05) is 0 Å². The van der Waals surface area contributed by atoms with E-state index in [0.717, 1.165) is 12.8 Å². The van der Waals surface area contributed by atoms with Crippen LogP contribution in [0.1, 0.15) is 40.1 Å². The summed E-state index contributed by atoms with van der Waals surface area (Å²) in [5.41, 5.74) is 1.15. The minimum absolute atomic E-state index is 0.0375. The van der Waals surface area contributed by atoms with Crippen molar-refractivity contribution in [2.75, 3.05) is 7.11 Å². The monoisotopic (exact) mass is 307 g/mol. The van der Waals surface area contributed by atoms with Crippen LogP contribution in [0.15, 0.2) is 12.1 Å². The Morgan fingerprint density at radius 2 is 2.14 bits per heavy atom. The Morgan fingerprint density at radius 3 is 2.81 bits per heavy atom. The van der Waals surface area contributed by atoms with Crippen molar-refractivity contribution in [3.8, 4) is 5.75 Å². The number of Topliss-reactive ketones (excluding diaryl/α,β-unsaturated/α-hetero) is 1. The van der Waals surface area contributed by atoms with Gasteiger partial charge in [0, 0.05) is 24.4 Å². The van der Waals surface area contributed by atoms with Crippen molar-refractivity contribution < 1.29 is 19.4 Å². The van der Waals surface area contributed by atoms with E-state index >= 15 is 0 Å². The molecule has 0 amide bonds. The molecule has 1 aliphatic heterocycles. The number of carboxylic acids is 1. The summed E-state index contributed by atoms with van der Waals surface area (Å²) in [4.78, 5) is 23.9. The van der Waals surface area contributed by atoms with Crippen LogP contribution < -0.4 is 4.74 Å². The number of benzene rings is 1. The summed E-state index contributed by atoms with van der Waals surface area (Å²) in [5, 5.41) is 10.4. The zero-order valence-electron chi connectivity index (χ0n) is 11.5. The number of hydrogen-bond donors (Lipinski definition) is 1. The van der Waals surface area contributed by atoms with E-state index in [1.54, 1.807) is 10.6 Å². The molecule has 110 valence electrons. The molecule has 0 saturated carbocycles. The van der Waals surface area contributed by atoms with Gasteiger partial charge in [0.05, 0.1) is 23.2 Å². The van der Waals surface area contributed by atoms with E-state index < -0.39 is 5.97 Å². The van der Waals surface area contributed by atoms with Gasteiger partial charge in [0.15, 0.2) is 5.78 Å². The van der Waals surface area contributed by atoms with Crippen LogP contribution in [0.4, 0.5) is 0 Å². The Balaban J connectivity index is 2.48. The third kappa shape index (κ3) is 2.08. The Bertz CT molecular complexity index is 763. The van der Waals surface area contributed by atoms with Gasteiger partial charge in [-0.2, -0.15) is 0 Å². The van der Waals surface area contributed by atoms with Gasteiger partial charge in [0.1, 0.15) is 11.4 Å². The zero-order valence-corrected chi connectivity index (χ0v) is 12.2. The first-order valence-electron chi connectivity index (χ1n) is 6.70. The van der Waals surface area contributed by atoms with Gasteiger partial charge in [-0.3, -0.25) is 4.79 Å². The van der Waals surface area contributed by atoms with Crippen LogP contribution in [0.5, 0.6) is 5.75 Å². The molecule has 1 aromatic heterocycles. The van der Waals surface area contributed by atoms with Crippen molar-refractivity contribution in [3.05, 3.63) is 28.4 Å². The van der Waals surface area contributed by atoms with E-state index in [9.17, 15) is 14.7 Å². The van der Waals surface area contributed by atoms with Crippen LogP contribution in [0.3, 0.4) is 0 Å². The molecule has 3 rings (SSSR count). The van der Waals surface area contributed by atoms with Crippen molar-refractivity contribution >= 4 is 34.3 Å². The molecule has 0 atom stereocenters. The summed E-state index contributed by atoms with van der Waals surface area (Å²) in [5.74, 6) is -0.666. The number of carbonyl (C=O) groups excluding carboxylic acids is 1. The van der Waals surface area contributed by atoms with Crippen LogP contribution in [0.25, 0.3) is 10.9 Å². The molecular weight excluding hydrogens is 294 g/mol. The highest BCUT2D eigenvalue weighted by Crippen LogP contribution is 2.38. The molecule has 0 saturated heterocycles. The summed E-state index contributed by atoms with van der Waals surface area (Å²) in [6.07, 6.45) is 1.91. The number of carbonyl (C=O) groups is 2. The second kappa shape index (κ2) is 5.07. The minimum Gasteiger partial charge on any atom is -0.496 e. The molecule has 0 radical (unpaired) electrons. The first-order chi connectivity index (χ1) is 10.0. The molecule has 0 unspecified atom stereocenters. The number of ketones is 1. The fraction of sp³-hybridized carbons (Fsp3) is 0.333. The maximum Gasteiger partial charge on any atom is 0.352 e. The summed E-state index contributed by atoms with van der Waals surface area (Å²) in [6.45, 7) is 0.551. The summed E-state index contributed by atoms with van der Waals surface area (Å²) in [6, 6.07) is 3.11. The minimum atomic E-state index is -1.03. The molecule has 0 spiro atoms. The third-order valence-electron chi connectivity index (χ3n) is 3.85. The highest BCUT2D eigenvalue weighted by atomic mass is 35.5. The predicted octanol–water partition coefficient (Wildman–Crippen LogP) is 3.37. The highest BCUT2D eigenvalue weighted by Gasteiger charge is 2.26. The topological polar surface area (TPSA) is 68.5 Å². The molecule has 0 bridgehead atoms. The quantitative estimate of drug-likeness (QED) is 0.923. The number of halogens is 1. The molecular formula is C15H14ClNO4. The lowest BCUT2D eigenvalue weighted by Crippen LogP contribution is -2.14. The molecule has 1 aliphatic rings. The van der Waals surface area contributed by atoms with Crippen LogP contribution in [-0.4, -0.2) is 28.5 Å². The number of rotatable bonds is 2. The number of carboxylic acid groups (broad SMARTS) is 1. The third-order valence-corrected chi connectivity index (χ3v) is 4.16. The lowest BCUT2D eigenvalue weighted by atomic mass is 10.00.